The lowest BCUT2D eigenvalue weighted by Gasteiger charge is -2.31. The Morgan fingerprint density at radius 3 is 2.86 bits per heavy atom. The summed E-state index contributed by atoms with van der Waals surface area (Å²) in [6.07, 6.45) is 5.10. The van der Waals surface area contributed by atoms with Crippen molar-refractivity contribution in [1.82, 2.24) is 24.3 Å². The van der Waals surface area contributed by atoms with E-state index >= 15 is 0 Å². The number of aryl methyl sites for hydroxylation is 2. The van der Waals surface area contributed by atoms with E-state index in [4.69, 9.17) is 0 Å². The number of aromatic nitrogens is 4. The van der Waals surface area contributed by atoms with Gasteiger partial charge in [-0.05, 0) is 25.8 Å². The van der Waals surface area contributed by atoms with Gasteiger partial charge in [0.2, 0.25) is 10.0 Å². The minimum absolute atomic E-state index is 0.174. The van der Waals surface area contributed by atoms with Crippen molar-refractivity contribution < 1.29 is 8.42 Å². The molecule has 0 aliphatic carbocycles. The van der Waals surface area contributed by atoms with Gasteiger partial charge in [0.25, 0.3) is 0 Å². The second-order valence-corrected chi connectivity index (χ2v) is 7.37. The van der Waals surface area contributed by atoms with Crippen molar-refractivity contribution in [3.05, 3.63) is 29.8 Å². The fraction of sp³-hybridized carbons (Fsp3) is 0.538. The van der Waals surface area contributed by atoms with E-state index in [0.29, 0.717) is 23.7 Å². The molecule has 2 aromatic heterocycles. The molecule has 0 amide bonds. The summed E-state index contributed by atoms with van der Waals surface area (Å²) < 4.78 is 28.7. The molecule has 114 valence electrons. The van der Waals surface area contributed by atoms with Crippen LogP contribution in [0.15, 0.2) is 23.4 Å². The largest absolute Gasteiger partial charge is 0.282 e. The maximum Gasteiger partial charge on any atom is 0.246 e. The minimum Gasteiger partial charge on any atom is -0.282 e. The molecule has 21 heavy (non-hydrogen) atoms. The van der Waals surface area contributed by atoms with Crippen LogP contribution in [0.2, 0.25) is 0 Å². The highest BCUT2D eigenvalue weighted by Gasteiger charge is 2.33. The molecule has 1 fully saturated rings. The van der Waals surface area contributed by atoms with E-state index in [1.165, 1.54) is 0 Å². The van der Waals surface area contributed by atoms with Crippen molar-refractivity contribution in [3.8, 4) is 0 Å². The van der Waals surface area contributed by atoms with E-state index in [-0.39, 0.29) is 5.92 Å². The average molecular weight is 309 g/mol. The van der Waals surface area contributed by atoms with E-state index in [0.717, 1.165) is 18.5 Å². The van der Waals surface area contributed by atoms with Gasteiger partial charge in [-0.3, -0.25) is 9.78 Å². The van der Waals surface area contributed by atoms with E-state index in [1.807, 2.05) is 6.07 Å². The fourth-order valence-corrected chi connectivity index (χ4v) is 4.60. The highest BCUT2D eigenvalue weighted by Crippen LogP contribution is 2.29. The first-order chi connectivity index (χ1) is 9.98. The molecule has 2 aromatic rings. The van der Waals surface area contributed by atoms with Gasteiger partial charge in [-0.1, -0.05) is 0 Å². The second-order valence-electron chi connectivity index (χ2n) is 5.47. The molecule has 3 heterocycles. The Bertz CT molecular complexity index is 720. The van der Waals surface area contributed by atoms with Gasteiger partial charge in [0.05, 0.1) is 5.69 Å². The first kappa shape index (κ1) is 14.3. The zero-order valence-electron chi connectivity index (χ0n) is 12.2. The van der Waals surface area contributed by atoms with Gasteiger partial charge < -0.3 is 0 Å². The van der Waals surface area contributed by atoms with Crippen LogP contribution < -0.4 is 0 Å². The Labute approximate surface area is 124 Å². The molecule has 8 heteroatoms. The summed E-state index contributed by atoms with van der Waals surface area (Å²) in [5.41, 5.74) is 1.54. The molecule has 1 aliphatic rings. The topological polar surface area (TPSA) is 83.9 Å². The molecule has 0 saturated carbocycles. The van der Waals surface area contributed by atoms with Gasteiger partial charge in [0, 0.05) is 44.1 Å². The maximum absolute atomic E-state index is 12.8. The Balaban J connectivity index is 1.87. The highest BCUT2D eigenvalue weighted by atomic mass is 32.2. The van der Waals surface area contributed by atoms with Gasteiger partial charge in [-0.25, -0.2) is 8.42 Å². The maximum atomic E-state index is 12.8. The predicted molar refractivity (Wildman–Crippen MR) is 77.3 cm³/mol. The summed E-state index contributed by atoms with van der Waals surface area (Å²) in [7, 11) is -1.75. The fourth-order valence-electron chi connectivity index (χ4n) is 2.88. The highest BCUT2D eigenvalue weighted by molar-refractivity contribution is 7.89. The predicted octanol–water partition coefficient (Wildman–Crippen LogP) is 1.02. The summed E-state index contributed by atoms with van der Waals surface area (Å²) >= 11 is 0. The summed E-state index contributed by atoms with van der Waals surface area (Å²) in [6, 6.07) is 1.91. The van der Waals surface area contributed by atoms with E-state index < -0.39 is 10.0 Å². The van der Waals surface area contributed by atoms with E-state index in [1.54, 1.807) is 35.4 Å². The summed E-state index contributed by atoms with van der Waals surface area (Å²) in [5.74, 6) is 0.174. The van der Waals surface area contributed by atoms with Crippen molar-refractivity contribution in [2.75, 3.05) is 13.1 Å². The van der Waals surface area contributed by atoms with Crippen LogP contribution in [0.3, 0.4) is 0 Å². The lowest BCUT2D eigenvalue weighted by Crippen LogP contribution is -2.39. The zero-order chi connectivity index (χ0) is 15.0. The number of sulfonamides is 1. The average Bonchev–Trinajstić information content (AvgIpc) is 3.09. The lowest BCUT2D eigenvalue weighted by atomic mass is 9.96. The zero-order valence-corrected chi connectivity index (χ0v) is 13.0. The molecule has 3 rings (SSSR count). The van der Waals surface area contributed by atoms with Gasteiger partial charge >= 0.3 is 0 Å². The van der Waals surface area contributed by atoms with Crippen LogP contribution >= 0.6 is 0 Å². The van der Waals surface area contributed by atoms with E-state index in [9.17, 15) is 8.42 Å². The summed E-state index contributed by atoms with van der Waals surface area (Å²) in [4.78, 5) is 0.301. The van der Waals surface area contributed by atoms with Crippen LogP contribution in [-0.4, -0.2) is 45.8 Å². The molecule has 0 aromatic carbocycles. The van der Waals surface area contributed by atoms with Crippen LogP contribution in [0, 0.1) is 6.92 Å². The first-order valence-electron chi connectivity index (χ1n) is 6.98. The molecule has 0 radical (unpaired) electrons. The number of aromatic amines is 1. The molecular formula is C13H19N5O2S. The third kappa shape index (κ3) is 2.60. The molecule has 1 aliphatic heterocycles. The van der Waals surface area contributed by atoms with Crippen molar-refractivity contribution >= 4 is 10.0 Å². The molecule has 1 N–H and O–H groups in total. The SMILES string of the molecule is Cc1nn(C)cc1S(=O)(=O)N1CCC[C@@H](c2ccn[nH]2)C1. The van der Waals surface area contributed by atoms with E-state index in [2.05, 4.69) is 15.3 Å². The molecule has 0 bridgehead atoms. The Morgan fingerprint density at radius 2 is 2.24 bits per heavy atom. The number of hydrogen-bond acceptors (Lipinski definition) is 4. The third-order valence-electron chi connectivity index (χ3n) is 3.93. The first-order valence-corrected chi connectivity index (χ1v) is 8.42. The van der Waals surface area contributed by atoms with Crippen LogP contribution in [-0.2, 0) is 17.1 Å². The summed E-state index contributed by atoms with van der Waals surface area (Å²) in [5, 5.41) is 11.0. The smallest absolute Gasteiger partial charge is 0.246 e. The molecule has 7 nitrogen and oxygen atoms in total. The Hall–Kier alpha value is -1.67. The number of rotatable bonds is 3. The van der Waals surface area contributed by atoms with Crippen molar-refractivity contribution in [2.24, 2.45) is 7.05 Å². The minimum atomic E-state index is -3.48. The van der Waals surface area contributed by atoms with Crippen LogP contribution in [0.25, 0.3) is 0 Å². The Morgan fingerprint density at radius 1 is 1.43 bits per heavy atom. The van der Waals surface area contributed by atoms with Crippen LogP contribution in [0.5, 0.6) is 0 Å². The van der Waals surface area contributed by atoms with Crippen molar-refractivity contribution in [3.63, 3.8) is 0 Å². The monoisotopic (exact) mass is 309 g/mol. The molecule has 0 spiro atoms. The molecule has 0 unspecified atom stereocenters. The summed E-state index contributed by atoms with van der Waals surface area (Å²) in [6.45, 7) is 2.77. The number of piperidine rings is 1. The lowest BCUT2D eigenvalue weighted by molar-refractivity contribution is 0.312. The van der Waals surface area contributed by atoms with Crippen molar-refractivity contribution in [2.45, 2.75) is 30.6 Å². The van der Waals surface area contributed by atoms with Gasteiger partial charge in [-0.2, -0.15) is 14.5 Å². The third-order valence-corrected chi connectivity index (χ3v) is 5.90. The standard InChI is InChI=1S/C13H19N5O2S/c1-10-13(9-17(2)16-10)21(19,20)18-7-3-4-11(8-18)12-5-6-14-15-12/h5-6,9,11H,3-4,7-8H2,1-2H3,(H,14,15)/t11-/m1/s1. The molecule has 1 saturated heterocycles. The van der Waals surface area contributed by atoms with Crippen LogP contribution in [0.1, 0.15) is 30.1 Å². The van der Waals surface area contributed by atoms with Gasteiger partial charge in [-0.15, -0.1) is 0 Å². The number of hydrogen-bond donors (Lipinski definition) is 1. The normalized spacial score (nSPS) is 20.8. The Kier molecular flexibility index (Phi) is 3.58. The number of nitrogens with zero attached hydrogens (tertiary/aromatic N) is 4. The van der Waals surface area contributed by atoms with Crippen molar-refractivity contribution in [1.29, 1.82) is 0 Å². The quantitative estimate of drug-likeness (QED) is 0.917. The molecular weight excluding hydrogens is 290 g/mol. The molecule has 1 atom stereocenters. The van der Waals surface area contributed by atoms with Gasteiger partial charge in [0.15, 0.2) is 0 Å². The second kappa shape index (κ2) is 5.27. The van der Waals surface area contributed by atoms with Crippen LogP contribution in [0.4, 0.5) is 0 Å². The van der Waals surface area contributed by atoms with Gasteiger partial charge in [0.1, 0.15) is 4.90 Å². The number of nitrogens with one attached hydrogen (secondary N) is 1. The number of H-pyrrole nitrogens is 1.